The van der Waals surface area contributed by atoms with Crippen LogP contribution in [0.15, 0.2) is 17.0 Å². The summed E-state index contributed by atoms with van der Waals surface area (Å²) in [4.78, 5) is 11.2. The number of rotatable bonds is 6. The van der Waals surface area contributed by atoms with Crippen LogP contribution in [-0.4, -0.2) is 33.2 Å². The molecule has 9 heteroatoms. The molecule has 0 bridgehead atoms. The molecule has 0 heterocycles. The molecule has 0 aliphatic rings. The van der Waals surface area contributed by atoms with Gasteiger partial charge in [0.2, 0.25) is 10.0 Å². The second kappa shape index (κ2) is 7.80. The van der Waals surface area contributed by atoms with Crippen molar-refractivity contribution in [1.82, 2.24) is 10.0 Å². The summed E-state index contributed by atoms with van der Waals surface area (Å²) in [5, 5.41) is 2.51. The first-order valence-corrected chi connectivity index (χ1v) is 8.93. The number of halogens is 1. The van der Waals surface area contributed by atoms with E-state index in [1.54, 1.807) is 20.8 Å². The van der Waals surface area contributed by atoms with Crippen LogP contribution in [-0.2, 0) is 14.8 Å². The summed E-state index contributed by atoms with van der Waals surface area (Å²) in [6.07, 6.45) is -0.221. The number of nitrogens with two attached hydrogens (primary N) is 1. The van der Waals surface area contributed by atoms with E-state index >= 15 is 0 Å². The lowest BCUT2D eigenvalue weighted by Crippen LogP contribution is -2.34. The van der Waals surface area contributed by atoms with Crippen molar-refractivity contribution in [3.63, 3.8) is 0 Å². The highest BCUT2D eigenvalue weighted by Crippen LogP contribution is 2.20. The zero-order valence-corrected chi connectivity index (χ0v) is 15.1. The highest BCUT2D eigenvalue weighted by Gasteiger charge is 2.18. The third-order valence-corrected chi connectivity index (χ3v) is 4.42. The smallest absolute Gasteiger partial charge is 0.407 e. The lowest BCUT2D eigenvalue weighted by Gasteiger charge is -2.19. The van der Waals surface area contributed by atoms with Gasteiger partial charge in [-0.2, -0.15) is 0 Å². The Kier molecular flexibility index (Phi) is 6.56. The van der Waals surface area contributed by atoms with Crippen LogP contribution in [0.25, 0.3) is 0 Å². The van der Waals surface area contributed by atoms with Crippen LogP contribution in [0, 0.1) is 12.7 Å². The van der Waals surface area contributed by atoms with Crippen molar-refractivity contribution in [1.29, 1.82) is 0 Å². The number of alkyl carbamates (subject to hydrolysis) is 1. The molecule has 0 fully saturated rings. The molecule has 0 saturated carbocycles. The highest BCUT2D eigenvalue weighted by molar-refractivity contribution is 7.89. The molecular formula is C15H24FN3O4S. The summed E-state index contributed by atoms with van der Waals surface area (Å²) in [7, 11) is -3.87. The van der Waals surface area contributed by atoms with Crippen molar-refractivity contribution in [2.75, 3.05) is 18.8 Å². The van der Waals surface area contributed by atoms with Gasteiger partial charge in [-0.15, -0.1) is 0 Å². The van der Waals surface area contributed by atoms with Crippen LogP contribution in [0.1, 0.15) is 32.8 Å². The van der Waals surface area contributed by atoms with Crippen molar-refractivity contribution < 1.29 is 22.3 Å². The molecule has 0 spiro atoms. The normalized spacial score (nSPS) is 12.0. The number of hydrogen-bond donors (Lipinski definition) is 3. The largest absolute Gasteiger partial charge is 0.444 e. The summed E-state index contributed by atoms with van der Waals surface area (Å²) in [6.45, 7) is 7.01. The van der Waals surface area contributed by atoms with Crippen LogP contribution in [0.3, 0.4) is 0 Å². The van der Waals surface area contributed by atoms with Crippen molar-refractivity contribution in [3.05, 3.63) is 23.5 Å². The molecule has 1 aromatic carbocycles. The summed E-state index contributed by atoms with van der Waals surface area (Å²) >= 11 is 0. The fourth-order valence-corrected chi connectivity index (χ4v) is 2.83. The number of carbonyl (C=O) groups excluding carboxylic acids is 1. The maximum Gasteiger partial charge on any atom is 0.407 e. The van der Waals surface area contributed by atoms with Gasteiger partial charge in [0.1, 0.15) is 11.4 Å². The molecule has 0 atom stereocenters. The van der Waals surface area contributed by atoms with E-state index in [-0.39, 0.29) is 29.2 Å². The number of anilines is 1. The molecule has 1 amide bonds. The molecule has 0 aliphatic heterocycles. The van der Waals surface area contributed by atoms with E-state index in [0.717, 1.165) is 6.07 Å². The average molecular weight is 361 g/mol. The van der Waals surface area contributed by atoms with Gasteiger partial charge in [0.15, 0.2) is 0 Å². The lowest BCUT2D eigenvalue weighted by atomic mass is 10.2. The Morgan fingerprint density at radius 2 is 1.92 bits per heavy atom. The average Bonchev–Trinajstić information content (AvgIpc) is 2.41. The Morgan fingerprint density at radius 1 is 1.29 bits per heavy atom. The first kappa shape index (κ1) is 20.2. The quantitative estimate of drug-likeness (QED) is 0.529. The molecule has 136 valence electrons. The topological polar surface area (TPSA) is 111 Å². The molecule has 0 saturated heterocycles. The molecule has 24 heavy (non-hydrogen) atoms. The minimum atomic E-state index is -3.87. The molecular weight excluding hydrogens is 337 g/mol. The molecule has 7 nitrogen and oxygen atoms in total. The van der Waals surface area contributed by atoms with Crippen molar-refractivity contribution in [2.45, 2.75) is 44.6 Å². The molecule has 0 unspecified atom stereocenters. The van der Waals surface area contributed by atoms with Gasteiger partial charge in [0.25, 0.3) is 0 Å². The Balaban J connectivity index is 2.49. The molecule has 1 rings (SSSR count). The van der Waals surface area contributed by atoms with E-state index in [1.807, 2.05) is 0 Å². The number of carbonyl (C=O) groups is 1. The Morgan fingerprint density at radius 3 is 2.46 bits per heavy atom. The zero-order valence-electron chi connectivity index (χ0n) is 14.3. The van der Waals surface area contributed by atoms with Gasteiger partial charge in [0.05, 0.1) is 4.90 Å². The van der Waals surface area contributed by atoms with Crippen LogP contribution in [0.2, 0.25) is 0 Å². The van der Waals surface area contributed by atoms with Gasteiger partial charge in [-0.25, -0.2) is 22.3 Å². The first-order valence-electron chi connectivity index (χ1n) is 7.44. The van der Waals surface area contributed by atoms with Gasteiger partial charge in [-0.3, -0.25) is 0 Å². The highest BCUT2D eigenvalue weighted by atomic mass is 32.2. The fraction of sp³-hybridized carbons (Fsp3) is 0.533. The SMILES string of the molecule is Cc1c(N)cc(S(=O)(=O)NCCCNC(=O)OC(C)(C)C)cc1F. The lowest BCUT2D eigenvalue weighted by molar-refractivity contribution is 0.0527. The molecule has 0 radical (unpaired) electrons. The summed E-state index contributed by atoms with van der Waals surface area (Å²) in [6, 6.07) is 2.13. The number of benzene rings is 1. The third-order valence-electron chi connectivity index (χ3n) is 2.98. The van der Waals surface area contributed by atoms with Gasteiger partial charge in [-0.1, -0.05) is 0 Å². The van der Waals surface area contributed by atoms with Gasteiger partial charge < -0.3 is 15.8 Å². The number of hydrogen-bond acceptors (Lipinski definition) is 5. The van der Waals surface area contributed by atoms with Crippen molar-refractivity contribution >= 4 is 21.8 Å². The Hall–Kier alpha value is -1.87. The third kappa shape index (κ3) is 6.32. The molecule has 0 aromatic heterocycles. The molecule has 0 aliphatic carbocycles. The number of nitrogens with one attached hydrogen (secondary N) is 2. The van der Waals surface area contributed by atoms with Crippen molar-refractivity contribution in [2.24, 2.45) is 0 Å². The first-order chi connectivity index (χ1) is 10.9. The number of ether oxygens (including phenoxy) is 1. The summed E-state index contributed by atoms with van der Waals surface area (Å²) in [5.41, 5.74) is 5.26. The summed E-state index contributed by atoms with van der Waals surface area (Å²) < 4.78 is 45.2. The van der Waals surface area contributed by atoms with E-state index in [2.05, 4.69) is 10.0 Å². The molecule has 4 N–H and O–H groups in total. The van der Waals surface area contributed by atoms with Crippen LogP contribution in [0.4, 0.5) is 14.9 Å². The Labute approximate surface area is 141 Å². The van der Waals surface area contributed by atoms with E-state index in [1.165, 1.54) is 13.0 Å². The van der Waals surface area contributed by atoms with Crippen LogP contribution in [0.5, 0.6) is 0 Å². The van der Waals surface area contributed by atoms with Gasteiger partial charge in [-0.05, 0) is 46.2 Å². The predicted octanol–water partition coefficient (Wildman–Crippen LogP) is 1.91. The van der Waals surface area contributed by atoms with Crippen LogP contribution < -0.4 is 15.8 Å². The van der Waals surface area contributed by atoms with Crippen molar-refractivity contribution in [3.8, 4) is 0 Å². The second-order valence-electron chi connectivity index (χ2n) is 6.30. The number of nitrogen functional groups attached to an aromatic ring is 1. The summed E-state index contributed by atoms with van der Waals surface area (Å²) in [5.74, 6) is -0.679. The van der Waals surface area contributed by atoms with Gasteiger partial charge >= 0.3 is 6.09 Å². The van der Waals surface area contributed by atoms with E-state index in [9.17, 15) is 17.6 Å². The minimum Gasteiger partial charge on any atom is -0.444 e. The maximum atomic E-state index is 13.6. The fourth-order valence-electron chi connectivity index (χ4n) is 1.71. The minimum absolute atomic E-state index is 0.0713. The monoisotopic (exact) mass is 361 g/mol. The second-order valence-corrected chi connectivity index (χ2v) is 8.07. The zero-order chi connectivity index (χ0) is 18.5. The predicted molar refractivity (Wildman–Crippen MR) is 89.6 cm³/mol. The standard InChI is InChI=1S/C15H24FN3O4S/c1-10-12(16)8-11(9-13(10)17)24(21,22)19-7-5-6-18-14(20)23-15(2,3)4/h8-9,19H,5-7,17H2,1-4H3,(H,18,20). The number of sulfonamides is 1. The van der Waals surface area contributed by atoms with E-state index < -0.39 is 27.5 Å². The molecule has 1 aromatic rings. The van der Waals surface area contributed by atoms with E-state index in [4.69, 9.17) is 10.5 Å². The maximum absolute atomic E-state index is 13.6. The van der Waals surface area contributed by atoms with Gasteiger partial charge in [0, 0.05) is 24.3 Å². The van der Waals surface area contributed by atoms with E-state index in [0.29, 0.717) is 6.42 Å². The van der Waals surface area contributed by atoms with Crippen LogP contribution >= 0.6 is 0 Å². The Bertz CT molecular complexity index is 676. The number of amides is 1.